The van der Waals surface area contributed by atoms with Crippen LogP contribution in [0.25, 0.3) is 138 Å². The minimum absolute atomic E-state index is 1.14. The van der Waals surface area contributed by atoms with Crippen molar-refractivity contribution in [3.8, 4) is 83.6 Å². The van der Waals surface area contributed by atoms with Gasteiger partial charge in [-0.25, -0.2) is 0 Å². The van der Waals surface area contributed by atoms with Crippen LogP contribution in [0.1, 0.15) is 0 Å². The van der Waals surface area contributed by atoms with Crippen LogP contribution in [0.4, 0.5) is 0 Å². The van der Waals surface area contributed by atoms with E-state index < -0.39 is 0 Å². The normalized spacial score (nSPS) is 11.6. The monoisotopic (exact) mass is 925 g/mol. The Kier molecular flexibility index (Phi) is 10.3. The molecular formula is C72H47N. The molecule has 0 saturated heterocycles. The van der Waals surface area contributed by atoms with E-state index in [0.29, 0.717) is 0 Å². The van der Waals surface area contributed by atoms with E-state index in [9.17, 15) is 0 Å². The minimum atomic E-state index is 1.14. The van der Waals surface area contributed by atoms with Crippen molar-refractivity contribution < 1.29 is 0 Å². The number of hydrogen-bond donors (Lipinski definition) is 0. The van der Waals surface area contributed by atoms with Gasteiger partial charge in [-0.2, -0.15) is 0 Å². The predicted octanol–water partition coefficient (Wildman–Crippen LogP) is 19.9. The fraction of sp³-hybridized carbons (Fsp3) is 0. The molecule has 0 unspecified atom stereocenters. The molecule has 14 aromatic rings. The average molecular weight is 926 g/mol. The molecule has 0 amide bonds. The summed E-state index contributed by atoms with van der Waals surface area (Å²) < 4.78 is 2.43. The highest BCUT2D eigenvalue weighted by molar-refractivity contribution is 6.12. The Hall–Kier alpha value is -9.56. The molecule has 0 aliphatic rings. The van der Waals surface area contributed by atoms with Gasteiger partial charge in [0.1, 0.15) is 0 Å². The maximum absolute atomic E-state index is 2.43. The quantitative estimate of drug-likeness (QED) is 0.143. The lowest BCUT2D eigenvalue weighted by atomic mass is 9.95. The van der Waals surface area contributed by atoms with Crippen LogP contribution in [0.3, 0.4) is 0 Å². The van der Waals surface area contributed by atoms with Crippen molar-refractivity contribution in [1.29, 1.82) is 0 Å². The van der Waals surface area contributed by atoms with Crippen molar-refractivity contribution in [3.63, 3.8) is 0 Å². The maximum Gasteiger partial charge on any atom is 0.0541 e. The summed E-state index contributed by atoms with van der Waals surface area (Å²) in [6, 6.07) is 105. The molecule has 1 heterocycles. The predicted molar refractivity (Wildman–Crippen MR) is 311 cm³/mol. The highest BCUT2D eigenvalue weighted by atomic mass is 15.0. The van der Waals surface area contributed by atoms with Gasteiger partial charge in [0, 0.05) is 16.5 Å². The summed E-state index contributed by atoms with van der Waals surface area (Å²) in [6.45, 7) is 0. The van der Waals surface area contributed by atoms with E-state index in [1.807, 2.05) is 0 Å². The summed E-state index contributed by atoms with van der Waals surface area (Å²) in [4.78, 5) is 0. The minimum Gasteiger partial charge on any atom is -0.309 e. The first-order valence-electron chi connectivity index (χ1n) is 25.2. The van der Waals surface area contributed by atoms with Gasteiger partial charge < -0.3 is 4.57 Å². The number of hydrogen-bond acceptors (Lipinski definition) is 0. The van der Waals surface area contributed by atoms with Gasteiger partial charge in [0.25, 0.3) is 0 Å². The van der Waals surface area contributed by atoms with E-state index in [1.54, 1.807) is 0 Å². The van der Waals surface area contributed by atoms with E-state index in [-0.39, 0.29) is 0 Å². The first-order valence-corrected chi connectivity index (χ1v) is 25.2. The number of fused-ring (bicyclic) bond motifs is 6. The summed E-state index contributed by atoms with van der Waals surface area (Å²) in [5.41, 5.74) is 20.5. The van der Waals surface area contributed by atoms with E-state index in [4.69, 9.17) is 0 Å². The van der Waals surface area contributed by atoms with E-state index in [1.165, 1.54) is 132 Å². The molecule has 1 aromatic heterocycles. The van der Waals surface area contributed by atoms with Crippen molar-refractivity contribution in [2.24, 2.45) is 0 Å². The molecule has 0 radical (unpaired) electrons. The topological polar surface area (TPSA) is 4.93 Å². The second kappa shape index (κ2) is 17.7. The summed E-state index contributed by atoms with van der Waals surface area (Å²) in [6.07, 6.45) is 0. The number of aromatic nitrogens is 1. The molecule has 1 heteroatoms. The van der Waals surface area contributed by atoms with Crippen LogP contribution in [0.5, 0.6) is 0 Å². The maximum atomic E-state index is 2.43. The van der Waals surface area contributed by atoms with Crippen LogP contribution >= 0.6 is 0 Å². The fourth-order valence-electron chi connectivity index (χ4n) is 11.2. The van der Waals surface area contributed by atoms with E-state index >= 15 is 0 Å². The molecule has 0 saturated carbocycles. The highest BCUT2D eigenvalue weighted by Crippen LogP contribution is 2.40. The third-order valence-corrected chi connectivity index (χ3v) is 15.0. The first-order chi connectivity index (χ1) is 36.1. The molecule has 0 spiro atoms. The molecule has 0 N–H and O–H groups in total. The van der Waals surface area contributed by atoms with Gasteiger partial charge in [0.15, 0.2) is 0 Å². The standard InChI is InChI=1S/C72H47N/c1-2-12-60-45-61(36-31-48(60)9-1)55-37-41-64(42-38-55)73-71-43-39-62(53-23-19-49(20-24-53)51-27-32-58(33-28-51)67-17-7-13-56-10-3-5-15-65(56)67)46-69(71)70-47-63(40-44-72(70)73)54-25-21-50(22-26-54)52-29-34-59(35-30-52)68-18-8-14-57-11-4-6-16-66(57)68/h1-47H. The Bertz CT molecular complexity index is 4130. The molecule has 1 nitrogen and oxygen atoms in total. The first kappa shape index (κ1) is 42.3. The van der Waals surface area contributed by atoms with Gasteiger partial charge in [-0.05, 0) is 153 Å². The molecule has 0 aliphatic carbocycles. The van der Waals surface area contributed by atoms with E-state index in [0.717, 1.165) is 5.69 Å². The van der Waals surface area contributed by atoms with Crippen molar-refractivity contribution in [1.82, 2.24) is 4.57 Å². The number of nitrogens with zero attached hydrogens (tertiary/aromatic N) is 1. The Balaban J connectivity index is 0.805. The second-order valence-corrected chi connectivity index (χ2v) is 19.3. The average Bonchev–Trinajstić information content (AvgIpc) is 3.81. The zero-order valence-electron chi connectivity index (χ0n) is 40.1. The molecular weight excluding hydrogens is 879 g/mol. The lowest BCUT2D eigenvalue weighted by molar-refractivity contribution is 1.18. The SMILES string of the molecule is c1ccc2cc(-c3ccc(-n4c5ccc(-c6ccc(-c7ccc(-c8cccc9ccccc89)cc7)cc6)cc5c5cc(-c6ccc(-c7ccc(-c8cccc9ccccc89)cc7)cc6)ccc54)cc3)ccc2c1. The summed E-state index contributed by atoms with van der Waals surface area (Å²) in [7, 11) is 0. The zero-order chi connectivity index (χ0) is 48.2. The molecule has 0 aliphatic heterocycles. The summed E-state index contributed by atoms with van der Waals surface area (Å²) >= 11 is 0. The molecule has 13 aromatic carbocycles. The van der Waals surface area contributed by atoms with Gasteiger partial charge in [-0.15, -0.1) is 0 Å². The third-order valence-electron chi connectivity index (χ3n) is 15.0. The van der Waals surface area contributed by atoms with Crippen LogP contribution in [-0.4, -0.2) is 4.57 Å². The van der Waals surface area contributed by atoms with Crippen LogP contribution < -0.4 is 0 Å². The highest BCUT2D eigenvalue weighted by Gasteiger charge is 2.16. The van der Waals surface area contributed by atoms with Gasteiger partial charge in [-0.3, -0.25) is 0 Å². The van der Waals surface area contributed by atoms with Gasteiger partial charge in [-0.1, -0.05) is 243 Å². The van der Waals surface area contributed by atoms with Crippen LogP contribution in [0.15, 0.2) is 285 Å². The fourth-order valence-corrected chi connectivity index (χ4v) is 11.2. The van der Waals surface area contributed by atoms with Crippen LogP contribution in [0, 0.1) is 0 Å². The van der Waals surface area contributed by atoms with Crippen molar-refractivity contribution in [2.45, 2.75) is 0 Å². The lowest BCUT2D eigenvalue weighted by Crippen LogP contribution is -1.94. The smallest absolute Gasteiger partial charge is 0.0541 e. The van der Waals surface area contributed by atoms with Gasteiger partial charge in [0.05, 0.1) is 11.0 Å². The Labute approximate surface area is 425 Å². The second-order valence-electron chi connectivity index (χ2n) is 19.3. The largest absolute Gasteiger partial charge is 0.309 e. The van der Waals surface area contributed by atoms with E-state index in [2.05, 4.69) is 290 Å². The summed E-state index contributed by atoms with van der Waals surface area (Å²) in [5.74, 6) is 0. The molecule has 0 atom stereocenters. The number of benzene rings is 13. The summed E-state index contributed by atoms with van der Waals surface area (Å²) in [5, 5.41) is 10.0. The third kappa shape index (κ3) is 7.67. The van der Waals surface area contributed by atoms with Crippen molar-refractivity contribution in [3.05, 3.63) is 285 Å². The molecule has 0 fully saturated rings. The molecule has 73 heavy (non-hydrogen) atoms. The van der Waals surface area contributed by atoms with Crippen LogP contribution in [-0.2, 0) is 0 Å². The number of rotatable bonds is 8. The molecule has 340 valence electrons. The van der Waals surface area contributed by atoms with Crippen molar-refractivity contribution in [2.75, 3.05) is 0 Å². The Morgan fingerprint density at radius 3 is 0.945 bits per heavy atom. The lowest BCUT2D eigenvalue weighted by Gasteiger charge is -2.11. The van der Waals surface area contributed by atoms with Crippen LogP contribution in [0.2, 0.25) is 0 Å². The molecule has 0 bridgehead atoms. The Morgan fingerprint density at radius 1 is 0.178 bits per heavy atom. The van der Waals surface area contributed by atoms with Crippen molar-refractivity contribution >= 4 is 54.1 Å². The van der Waals surface area contributed by atoms with Gasteiger partial charge >= 0.3 is 0 Å². The molecule has 14 rings (SSSR count). The zero-order valence-corrected chi connectivity index (χ0v) is 40.1. The Morgan fingerprint density at radius 2 is 0.493 bits per heavy atom. The van der Waals surface area contributed by atoms with Gasteiger partial charge in [0.2, 0.25) is 0 Å².